The van der Waals surface area contributed by atoms with Crippen LogP contribution in [0.25, 0.3) is 33.9 Å². The van der Waals surface area contributed by atoms with Gasteiger partial charge in [0.15, 0.2) is 28.8 Å². The minimum atomic E-state index is -0.447. The van der Waals surface area contributed by atoms with Crippen molar-refractivity contribution in [2.75, 3.05) is 0 Å². The van der Waals surface area contributed by atoms with Crippen LogP contribution in [0, 0.1) is 84.8 Å². The van der Waals surface area contributed by atoms with Crippen molar-refractivity contribution in [3.63, 3.8) is 0 Å². The Hall–Kier alpha value is -7.25. The molecule has 70 heavy (non-hydrogen) atoms. The van der Waals surface area contributed by atoms with Gasteiger partial charge in [-0.05, 0) is 181 Å². The van der Waals surface area contributed by atoms with Gasteiger partial charge in [-0.25, -0.2) is 30.7 Å². The predicted molar refractivity (Wildman–Crippen MR) is 247 cm³/mol. The zero-order valence-electron chi connectivity index (χ0n) is 36.1. The summed E-state index contributed by atoms with van der Waals surface area (Å²) in [7, 11) is 0. The fourth-order valence-corrected chi connectivity index (χ4v) is 6.65. The molecule has 0 aliphatic heterocycles. The first-order chi connectivity index (χ1) is 33.1. The molecule has 2 N–H and O–H groups in total. The Labute approximate surface area is 435 Å². The van der Waals surface area contributed by atoms with Crippen LogP contribution in [-0.4, -0.2) is 31.9 Å². The quantitative estimate of drug-likeness (QED) is 0.0840. The molecule has 9 aromatic rings. The van der Waals surface area contributed by atoms with Crippen LogP contribution in [0.1, 0.15) is 36.0 Å². The Kier molecular flexibility index (Phi) is 19.9. The van der Waals surface area contributed by atoms with E-state index in [1.807, 2.05) is 0 Å². The zero-order chi connectivity index (χ0) is 49.5. The van der Waals surface area contributed by atoms with E-state index >= 15 is 0 Å². The number of aromatic hydroxyl groups is 2. The van der Waals surface area contributed by atoms with Gasteiger partial charge in [0, 0.05) is 83.5 Å². The van der Waals surface area contributed by atoms with E-state index in [9.17, 15) is 55.3 Å². The third-order valence-corrected chi connectivity index (χ3v) is 10.3. The maximum absolute atomic E-state index is 12.9. The summed E-state index contributed by atoms with van der Waals surface area (Å²) in [4.78, 5) is 35.8. The Morgan fingerprint density at radius 1 is 0.457 bits per heavy atom. The first-order valence-corrected chi connectivity index (χ1v) is 21.0. The van der Waals surface area contributed by atoms with Gasteiger partial charge in [0.25, 0.3) is 0 Å². The van der Waals surface area contributed by atoms with Crippen molar-refractivity contribution < 1.29 is 104 Å². The fourth-order valence-electron chi connectivity index (χ4n) is 5.90. The van der Waals surface area contributed by atoms with Gasteiger partial charge in [0.1, 0.15) is 57.1 Å². The van der Waals surface area contributed by atoms with Crippen LogP contribution in [0.5, 0.6) is 11.5 Å². The van der Waals surface area contributed by atoms with Gasteiger partial charge < -0.3 is 14.6 Å². The van der Waals surface area contributed by atoms with Gasteiger partial charge in [-0.15, -0.1) is 0 Å². The van der Waals surface area contributed by atoms with Crippen LogP contribution < -0.4 is 0 Å². The zero-order valence-corrected chi connectivity index (χ0v) is 41.6. The number of allylic oxidation sites excluding steroid dienone is 2. The van der Waals surface area contributed by atoms with Crippen molar-refractivity contribution in [3.05, 3.63) is 256 Å². The molecule has 7 aromatic carbocycles. The van der Waals surface area contributed by atoms with Crippen LogP contribution in [0.4, 0.5) is 30.7 Å². The van der Waals surface area contributed by atoms with Crippen LogP contribution >= 0.6 is 11.5 Å². The maximum Gasteiger partial charge on any atom is 0.208 e. The first kappa shape index (κ1) is 53.7. The van der Waals surface area contributed by atoms with E-state index in [-0.39, 0.29) is 106 Å². The Bertz CT molecular complexity index is 3110. The molecule has 16 heteroatoms. The van der Waals surface area contributed by atoms with Crippen LogP contribution in [0.3, 0.4) is 0 Å². The number of rotatable bonds is 9. The molecule has 0 saturated carbocycles. The average molecular weight is 1180 g/mol. The summed E-state index contributed by atoms with van der Waals surface area (Å²) in [6.07, 6.45) is 2.22. The van der Waals surface area contributed by atoms with Gasteiger partial charge >= 0.3 is 0 Å². The van der Waals surface area contributed by atoms with E-state index in [1.54, 1.807) is 30.3 Å². The number of nitrogens with zero attached hydrogens (tertiary/aromatic N) is 1. The summed E-state index contributed by atoms with van der Waals surface area (Å²) in [5.41, 5.74) is 2.77. The molecule has 0 spiro atoms. The van der Waals surface area contributed by atoms with Crippen molar-refractivity contribution >= 4 is 28.9 Å². The molecule has 0 aliphatic carbocycles. The third kappa shape index (κ3) is 15.4. The Morgan fingerprint density at radius 2 is 0.814 bits per heavy atom. The normalized spacial score (nSPS) is 10.3. The van der Waals surface area contributed by atoms with Gasteiger partial charge in [-0.2, -0.15) is 4.37 Å². The van der Waals surface area contributed by atoms with E-state index in [4.69, 9.17) is 4.42 Å². The first-order valence-electron chi connectivity index (χ1n) is 20.2. The summed E-state index contributed by atoms with van der Waals surface area (Å²) in [6, 6.07) is 41.2. The Balaban J connectivity index is 0.000000181. The number of hydrogen-bond donors (Lipinski definition) is 2. The molecule has 349 valence electrons. The maximum atomic E-state index is 12.9. The number of halogens is 7. The van der Waals surface area contributed by atoms with E-state index in [2.05, 4.69) is 4.37 Å². The molecule has 1 radical (unpaired) electrons. The number of carbonyl (C=O) groups excluding carboxylic acids is 3. The summed E-state index contributed by atoms with van der Waals surface area (Å²) >= 11 is 0.845. The topological polar surface area (TPSA) is 118 Å². The van der Waals surface area contributed by atoms with Crippen LogP contribution in [0.15, 0.2) is 199 Å². The standard InChI is InChI=1S/C16H9F2NO2S.2C16H10F2O2.C6H5F.Ac/c17-11-5-1-9(2-6-11)13-15(21)16(22-19-13)14(20)10-3-7-12(18)8-4-10;17-12-5-1-10(2-6-12)15-9-14(19)16(20-15)11-3-7-13(18)8-4-11;17-13-5-1-11(2-6-13)15(19)9-10-16(20)12-3-7-14(18)8-4-12;7-6-4-2-1-3-5-6;/h1-8,21H;1-9,19H;1-10H;1-5H;/b;;10-9+;;. The van der Waals surface area contributed by atoms with Gasteiger partial charge in [-0.1, -0.05) is 18.2 Å². The summed E-state index contributed by atoms with van der Waals surface area (Å²) in [6.45, 7) is 0. The van der Waals surface area contributed by atoms with Crippen molar-refractivity contribution in [1.29, 1.82) is 0 Å². The molecule has 0 amide bonds. The van der Waals surface area contributed by atoms with Crippen LogP contribution in [-0.2, 0) is 0 Å². The summed E-state index contributed by atoms with van der Waals surface area (Å²) in [5.74, 6) is -3.49. The minimum Gasteiger partial charge on any atom is -0.504 e. The molecule has 2 heterocycles. The number of benzene rings is 7. The van der Waals surface area contributed by atoms with E-state index in [0.29, 0.717) is 22.5 Å². The molecule has 0 saturated heterocycles. The number of ketones is 3. The summed E-state index contributed by atoms with van der Waals surface area (Å²) in [5, 5.41) is 20.1. The smallest absolute Gasteiger partial charge is 0.208 e. The molecule has 0 unspecified atom stereocenters. The predicted octanol–water partition coefficient (Wildman–Crippen LogP) is 14.0. The monoisotopic (exact) mass is 1180 g/mol. The van der Waals surface area contributed by atoms with Gasteiger partial charge in [0.05, 0.1) is 0 Å². The number of furan rings is 1. The molecule has 2 aromatic heterocycles. The Morgan fingerprint density at radius 3 is 1.21 bits per heavy atom. The second-order valence-electron chi connectivity index (χ2n) is 14.3. The second kappa shape index (κ2) is 25.9. The van der Waals surface area contributed by atoms with Gasteiger partial charge in [-0.3, -0.25) is 14.4 Å². The van der Waals surface area contributed by atoms with Crippen molar-refractivity contribution in [2.45, 2.75) is 0 Å². The third-order valence-electron chi connectivity index (χ3n) is 9.42. The SMILES string of the molecule is Fc1ccccc1.O=C(/C=C/C(=O)c1ccc(F)cc1)c1ccc(F)cc1.O=C(c1ccc(F)cc1)c1snc(-c2ccc(F)cc2)c1O.Oc1cc(-c2ccc(F)cc2)oc1-c1ccc(F)cc1.[Ac]. The van der Waals surface area contributed by atoms with E-state index < -0.39 is 40.6 Å². The van der Waals surface area contributed by atoms with E-state index in [1.165, 1.54) is 152 Å². The van der Waals surface area contributed by atoms with E-state index in [0.717, 1.165) is 23.7 Å². The largest absolute Gasteiger partial charge is 0.504 e. The molecule has 9 rings (SSSR count). The molecular formula is C54H34AcF7NO6S. The molecule has 0 bridgehead atoms. The summed E-state index contributed by atoms with van der Waals surface area (Å²) < 4.78 is 98.5. The molecule has 0 fully saturated rings. The minimum absolute atomic E-state index is 0. The van der Waals surface area contributed by atoms with Crippen molar-refractivity contribution in [1.82, 2.24) is 4.37 Å². The number of aromatic nitrogens is 1. The number of carbonyl (C=O) groups is 3. The average Bonchev–Trinajstić information content (AvgIpc) is 3.94. The van der Waals surface area contributed by atoms with Crippen molar-refractivity contribution in [3.8, 4) is 45.4 Å². The number of hydrogen-bond acceptors (Lipinski definition) is 8. The van der Waals surface area contributed by atoms with Crippen LogP contribution in [0.2, 0.25) is 0 Å². The fraction of sp³-hybridized carbons (Fsp3) is 0. The molecular weight excluding hydrogens is 1150 g/mol. The molecule has 7 nitrogen and oxygen atoms in total. The van der Waals surface area contributed by atoms with Gasteiger partial charge in [0.2, 0.25) is 5.78 Å². The molecule has 0 atom stereocenters. The second-order valence-corrected chi connectivity index (χ2v) is 15.0. The van der Waals surface area contributed by atoms with Crippen molar-refractivity contribution in [2.24, 2.45) is 0 Å². The molecule has 0 aliphatic rings.